The number of nitrogens with zero attached hydrogens (tertiary/aromatic N) is 1. The summed E-state index contributed by atoms with van der Waals surface area (Å²) in [5, 5.41) is 4.33. The molecule has 1 aromatic heterocycles. The number of ether oxygens (including phenoxy) is 1. The summed E-state index contributed by atoms with van der Waals surface area (Å²) in [6.07, 6.45) is 0. The van der Waals surface area contributed by atoms with Crippen LogP contribution >= 0.6 is 12.2 Å². The average Bonchev–Trinajstić information content (AvgIpc) is 2.19. The first-order chi connectivity index (χ1) is 7.06. The number of rotatable bonds is 3. The second-order valence-corrected chi connectivity index (χ2v) is 2.97. The molecule has 0 fully saturated rings. The molecule has 1 heterocycles. The van der Waals surface area contributed by atoms with Crippen molar-refractivity contribution in [3.8, 4) is 0 Å². The van der Waals surface area contributed by atoms with E-state index in [2.05, 4.69) is 9.84 Å². The molecule has 2 N–H and O–H groups in total. The Morgan fingerprint density at radius 3 is 2.73 bits per heavy atom. The Morgan fingerprint density at radius 1 is 1.47 bits per heavy atom. The summed E-state index contributed by atoms with van der Waals surface area (Å²) in [5.74, 6) is -0.621. The third kappa shape index (κ3) is 2.62. The molecule has 0 saturated heterocycles. The highest BCUT2D eigenvalue weighted by molar-refractivity contribution is 7.71. The van der Waals surface area contributed by atoms with E-state index in [-0.39, 0.29) is 17.9 Å². The van der Waals surface area contributed by atoms with Crippen molar-refractivity contribution < 1.29 is 9.53 Å². The van der Waals surface area contributed by atoms with Gasteiger partial charge in [-0.2, -0.15) is 0 Å². The third-order valence-corrected chi connectivity index (χ3v) is 1.88. The van der Waals surface area contributed by atoms with E-state index in [1.165, 1.54) is 0 Å². The van der Waals surface area contributed by atoms with Crippen molar-refractivity contribution in [3.63, 3.8) is 0 Å². The summed E-state index contributed by atoms with van der Waals surface area (Å²) < 4.78 is 5.43. The normalized spacial score (nSPS) is 9.93. The summed E-state index contributed by atoms with van der Waals surface area (Å²) in [5.41, 5.74) is -1.75. The number of aromatic nitrogens is 3. The highest BCUT2D eigenvalue weighted by Gasteiger charge is 2.08. The number of carbonyl (C=O) groups excluding carboxylic acids is 1. The highest BCUT2D eigenvalue weighted by Crippen LogP contribution is 1.84. The molecule has 0 amide bonds. The van der Waals surface area contributed by atoms with Crippen molar-refractivity contribution in [1.29, 1.82) is 0 Å². The van der Waals surface area contributed by atoms with Gasteiger partial charge in [-0.3, -0.25) is 29.1 Å². The molecule has 82 valence electrons. The van der Waals surface area contributed by atoms with Gasteiger partial charge in [0.15, 0.2) is 4.77 Å². The first-order valence-corrected chi connectivity index (χ1v) is 4.54. The maximum atomic E-state index is 11.3. The molecule has 1 rings (SSSR count). The number of hydrogen-bond donors (Lipinski definition) is 2. The molecule has 0 aliphatic heterocycles. The quantitative estimate of drug-likeness (QED) is 0.401. The van der Waals surface area contributed by atoms with E-state index in [1.807, 2.05) is 5.10 Å². The molecule has 0 atom stereocenters. The molecule has 0 aliphatic rings. The monoisotopic (exact) mass is 231 g/mol. The van der Waals surface area contributed by atoms with Crippen molar-refractivity contribution in [2.24, 2.45) is 0 Å². The largest absolute Gasteiger partial charge is 0.465 e. The van der Waals surface area contributed by atoms with Gasteiger partial charge in [-0.05, 0) is 19.1 Å². The van der Waals surface area contributed by atoms with Gasteiger partial charge in [0.1, 0.15) is 6.54 Å². The summed E-state index contributed by atoms with van der Waals surface area (Å²) in [6, 6.07) is 0. The van der Waals surface area contributed by atoms with Crippen molar-refractivity contribution in [1.82, 2.24) is 14.8 Å². The average molecular weight is 231 g/mol. The Hall–Kier alpha value is -1.70. The molecule has 0 aromatic carbocycles. The minimum absolute atomic E-state index is 0.0346. The molecule has 15 heavy (non-hydrogen) atoms. The summed E-state index contributed by atoms with van der Waals surface area (Å²) in [4.78, 5) is 33.2. The fourth-order valence-corrected chi connectivity index (χ4v) is 1.12. The molecular weight excluding hydrogens is 222 g/mol. The molecule has 0 unspecified atom stereocenters. The Bertz CT molecular complexity index is 526. The van der Waals surface area contributed by atoms with Gasteiger partial charge in [-0.15, -0.1) is 0 Å². The van der Waals surface area contributed by atoms with Gasteiger partial charge < -0.3 is 4.74 Å². The second kappa shape index (κ2) is 4.69. The predicted octanol–water partition coefficient (Wildman–Crippen LogP) is -0.843. The molecule has 0 aliphatic carbocycles. The number of aromatic amines is 2. The summed E-state index contributed by atoms with van der Waals surface area (Å²) in [7, 11) is 0. The lowest BCUT2D eigenvalue weighted by atomic mass is 10.6. The van der Waals surface area contributed by atoms with Crippen molar-refractivity contribution in [2.45, 2.75) is 13.5 Å². The topological polar surface area (TPSA) is 96.9 Å². The summed E-state index contributed by atoms with van der Waals surface area (Å²) >= 11 is 4.73. The predicted molar refractivity (Wildman–Crippen MR) is 53.1 cm³/mol. The number of esters is 1. The first kappa shape index (κ1) is 11.4. The maximum Gasteiger partial charge on any atom is 0.328 e. The van der Waals surface area contributed by atoms with Crippen LogP contribution in [0.1, 0.15) is 6.92 Å². The van der Waals surface area contributed by atoms with Crippen LogP contribution in [0.2, 0.25) is 0 Å². The van der Waals surface area contributed by atoms with Gasteiger partial charge in [-0.1, -0.05) is 0 Å². The Balaban J connectivity index is 3.10. The minimum Gasteiger partial charge on any atom is -0.465 e. The van der Waals surface area contributed by atoms with Gasteiger partial charge in [0, 0.05) is 0 Å². The van der Waals surface area contributed by atoms with Crippen LogP contribution in [0.4, 0.5) is 0 Å². The zero-order valence-corrected chi connectivity index (χ0v) is 8.72. The first-order valence-electron chi connectivity index (χ1n) is 4.13. The van der Waals surface area contributed by atoms with Gasteiger partial charge in [0.2, 0.25) is 0 Å². The number of carbonyl (C=O) groups is 1. The van der Waals surface area contributed by atoms with Crippen LogP contribution in [0.3, 0.4) is 0 Å². The molecule has 7 nitrogen and oxygen atoms in total. The summed E-state index contributed by atoms with van der Waals surface area (Å²) in [6.45, 7) is 1.47. The fourth-order valence-electron chi connectivity index (χ4n) is 0.925. The van der Waals surface area contributed by atoms with E-state index in [4.69, 9.17) is 12.2 Å². The molecule has 0 saturated carbocycles. The highest BCUT2D eigenvalue weighted by atomic mass is 32.1. The van der Waals surface area contributed by atoms with Gasteiger partial charge in [0.05, 0.1) is 6.61 Å². The maximum absolute atomic E-state index is 11.3. The van der Waals surface area contributed by atoms with Crippen molar-refractivity contribution in [3.05, 3.63) is 25.5 Å². The number of nitrogens with one attached hydrogen (secondary N) is 2. The smallest absolute Gasteiger partial charge is 0.328 e. The zero-order chi connectivity index (χ0) is 11.4. The zero-order valence-electron chi connectivity index (χ0n) is 7.90. The second-order valence-electron chi connectivity index (χ2n) is 2.58. The molecule has 0 bridgehead atoms. The van der Waals surface area contributed by atoms with Gasteiger partial charge in [0.25, 0.3) is 0 Å². The molecule has 8 heteroatoms. The van der Waals surface area contributed by atoms with Crippen LogP contribution in [0, 0.1) is 4.77 Å². The Kier molecular flexibility index (Phi) is 3.56. The third-order valence-electron chi connectivity index (χ3n) is 1.56. The lowest BCUT2D eigenvalue weighted by Gasteiger charge is -2.03. The van der Waals surface area contributed by atoms with Crippen molar-refractivity contribution in [2.75, 3.05) is 6.61 Å². The van der Waals surface area contributed by atoms with E-state index >= 15 is 0 Å². The molecular formula is C7H9N3O4S. The van der Waals surface area contributed by atoms with E-state index in [0.29, 0.717) is 0 Å². The van der Waals surface area contributed by atoms with E-state index in [9.17, 15) is 14.4 Å². The van der Waals surface area contributed by atoms with Crippen LogP contribution in [0.25, 0.3) is 0 Å². The molecule has 1 aromatic rings. The van der Waals surface area contributed by atoms with E-state index in [0.717, 1.165) is 4.57 Å². The lowest BCUT2D eigenvalue weighted by Crippen LogP contribution is -2.39. The Morgan fingerprint density at radius 2 is 2.13 bits per heavy atom. The van der Waals surface area contributed by atoms with Gasteiger partial charge >= 0.3 is 17.1 Å². The molecule has 0 radical (unpaired) electrons. The SMILES string of the molecule is CCOC(=O)Cn1c(=S)[nH][nH]c(=O)c1=O. The minimum atomic E-state index is -0.883. The van der Waals surface area contributed by atoms with Crippen molar-refractivity contribution >= 4 is 18.2 Å². The van der Waals surface area contributed by atoms with Crippen LogP contribution in [0.15, 0.2) is 9.59 Å². The van der Waals surface area contributed by atoms with E-state index < -0.39 is 17.1 Å². The standard InChI is InChI=1S/C7H9N3O4S/c1-2-14-4(11)3-10-6(13)5(12)8-9-7(10)15/h2-3H2,1H3,(H,8,12)(H,9,15). The van der Waals surface area contributed by atoms with Crippen LogP contribution in [-0.4, -0.2) is 27.3 Å². The van der Waals surface area contributed by atoms with Crippen LogP contribution in [0.5, 0.6) is 0 Å². The van der Waals surface area contributed by atoms with Crippen LogP contribution < -0.4 is 11.1 Å². The number of hydrogen-bond acceptors (Lipinski definition) is 5. The van der Waals surface area contributed by atoms with Gasteiger partial charge in [-0.25, -0.2) is 0 Å². The van der Waals surface area contributed by atoms with E-state index in [1.54, 1.807) is 6.92 Å². The molecule has 0 spiro atoms. The lowest BCUT2D eigenvalue weighted by molar-refractivity contribution is -0.143. The van der Waals surface area contributed by atoms with Crippen LogP contribution in [-0.2, 0) is 16.1 Å². The Labute approximate surface area is 88.7 Å². The fraction of sp³-hybridized carbons (Fsp3) is 0.429. The number of H-pyrrole nitrogens is 2.